The molecule has 1 aliphatic rings. The fourth-order valence-electron chi connectivity index (χ4n) is 3.23. The van der Waals surface area contributed by atoms with Crippen LogP contribution in [0.15, 0.2) is 24.5 Å². The highest BCUT2D eigenvalue weighted by atomic mass is 19.1. The van der Waals surface area contributed by atoms with E-state index >= 15 is 0 Å². The fourth-order valence-corrected chi connectivity index (χ4v) is 3.23. The Kier molecular flexibility index (Phi) is 6.16. The molecule has 0 aromatic carbocycles. The van der Waals surface area contributed by atoms with E-state index in [1.807, 2.05) is 6.92 Å². The molecule has 1 fully saturated rings. The number of hydrogen-bond acceptors (Lipinski definition) is 6. The molecule has 1 N–H and O–H groups in total. The van der Waals surface area contributed by atoms with Gasteiger partial charge in [0.1, 0.15) is 0 Å². The number of halogens is 1. The Bertz CT molecular complexity index is 801. The number of carbonyl (C=O) groups excluding carboxylic acids is 1. The first-order valence-electron chi connectivity index (χ1n) is 9.12. The number of rotatable bonds is 4. The molecule has 3 heterocycles. The Morgan fingerprint density at radius 2 is 2.19 bits per heavy atom. The monoisotopic (exact) mass is 373 g/mol. The molecule has 0 saturated carbocycles. The number of methoxy groups -OCH3 is 1. The van der Waals surface area contributed by atoms with Crippen LogP contribution in [0.2, 0.25) is 0 Å². The van der Waals surface area contributed by atoms with Crippen LogP contribution in [0.3, 0.4) is 0 Å². The van der Waals surface area contributed by atoms with Gasteiger partial charge in [0, 0.05) is 37.1 Å². The summed E-state index contributed by atoms with van der Waals surface area (Å²) in [5.74, 6) is 0.0507. The number of ether oxygens (including phenoxy) is 1. The highest BCUT2D eigenvalue weighted by Gasteiger charge is 2.24. The SMILES string of the molecule is COc1cc(C)nc(NC2CCCCCN(C(=O)c3ccncc3F)C2)n1. The molecule has 0 radical (unpaired) electrons. The van der Waals surface area contributed by atoms with E-state index in [1.54, 1.807) is 18.1 Å². The number of aromatic nitrogens is 3. The number of nitrogens with zero attached hydrogens (tertiary/aromatic N) is 4. The average molecular weight is 373 g/mol. The van der Waals surface area contributed by atoms with Gasteiger partial charge in [-0.1, -0.05) is 12.8 Å². The first kappa shape index (κ1) is 19.0. The molecule has 144 valence electrons. The van der Waals surface area contributed by atoms with E-state index in [1.165, 1.54) is 12.3 Å². The minimum Gasteiger partial charge on any atom is -0.481 e. The number of amides is 1. The molecule has 7 nitrogen and oxygen atoms in total. The molecule has 3 rings (SSSR count). The van der Waals surface area contributed by atoms with Crippen molar-refractivity contribution >= 4 is 11.9 Å². The molecule has 1 atom stereocenters. The molecule has 8 heteroatoms. The van der Waals surface area contributed by atoms with Crippen LogP contribution in [-0.4, -0.2) is 52.0 Å². The molecule has 0 bridgehead atoms. The van der Waals surface area contributed by atoms with Gasteiger partial charge in [-0.15, -0.1) is 0 Å². The van der Waals surface area contributed by atoms with Crippen LogP contribution >= 0.6 is 0 Å². The van der Waals surface area contributed by atoms with Gasteiger partial charge < -0.3 is 15.0 Å². The quantitative estimate of drug-likeness (QED) is 0.888. The number of carbonyl (C=O) groups is 1. The zero-order valence-corrected chi connectivity index (χ0v) is 15.6. The van der Waals surface area contributed by atoms with Crippen molar-refractivity contribution in [3.05, 3.63) is 41.6 Å². The first-order valence-corrected chi connectivity index (χ1v) is 9.12. The minimum atomic E-state index is -0.596. The summed E-state index contributed by atoms with van der Waals surface area (Å²) in [6, 6.07) is 3.16. The van der Waals surface area contributed by atoms with E-state index in [4.69, 9.17) is 4.74 Å². The Labute approximate surface area is 158 Å². The van der Waals surface area contributed by atoms with Crippen molar-refractivity contribution in [3.8, 4) is 5.88 Å². The van der Waals surface area contributed by atoms with Crippen molar-refractivity contribution in [3.63, 3.8) is 0 Å². The van der Waals surface area contributed by atoms with E-state index in [-0.39, 0.29) is 17.5 Å². The predicted octanol–water partition coefficient (Wildman–Crippen LogP) is 2.82. The lowest BCUT2D eigenvalue weighted by atomic mass is 10.0. The van der Waals surface area contributed by atoms with Crippen molar-refractivity contribution < 1.29 is 13.9 Å². The van der Waals surface area contributed by atoms with Gasteiger partial charge in [-0.3, -0.25) is 9.78 Å². The lowest BCUT2D eigenvalue weighted by Crippen LogP contribution is -2.42. The van der Waals surface area contributed by atoms with E-state index in [2.05, 4.69) is 20.3 Å². The second-order valence-corrected chi connectivity index (χ2v) is 6.67. The summed E-state index contributed by atoms with van der Waals surface area (Å²) in [6.45, 7) is 2.92. The number of aryl methyl sites for hydroxylation is 1. The van der Waals surface area contributed by atoms with E-state index < -0.39 is 5.82 Å². The molecular formula is C19H24FN5O2. The van der Waals surface area contributed by atoms with Crippen LogP contribution in [0.1, 0.15) is 41.7 Å². The molecule has 1 saturated heterocycles. The van der Waals surface area contributed by atoms with Crippen molar-refractivity contribution in [1.82, 2.24) is 19.9 Å². The fraction of sp³-hybridized carbons (Fsp3) is 0.474. The maximum absolute atomic E-state index is 14.0. The second-order valence-electron chi connectivity index (χ2n) is 6.67. The largest absolute Gasteiger partial charge is 0.481 e. The van der Waals surface area contributed by atoms with Gasteiger partial charge in [-0.25, -0.2) is 9.37 Å². The lowest BCUT2D eigenvalue weighted by molar-refractivity contribution is 0.0730. The van der Waals surface area contributed by atoms with Gasteiger partial charge in [0.2, 0.25) is 11.8 Å². The Balaban J connectivity index is 1.76. The van der Waals surface area contributed by atoms with E-state index in [0.29, 0.717) is 24.9 Å². The van der Waals surface area contributed by atoms with Crippen molar-refractivity contribution in [2.24, 2.45) is 0 Å². The summed E-state index contributed by atoms with van der Waals surface area (Å²) < 4.78 is 19.2. The van der Waals surface area contributed by atoms with E-state index in [0.717, 1.165) is 37.6 Å². The topological polar surface area (TPSA) is 80.2 Å². The van der Waals surface area contributed by atoms with Crippen LogP contribution in [0.5, 0.6) is 5.88 Å². The van der Waals surface area contributed by atoms with Crippen LogP contribution in [0.4, 0.5) is 10.3 Å². The Morgan fingerprint density at radius 1 is 1.33 bits per heavy atom. The second kappa shape index (κ2) is 8.75. The average Bonchev–Trinajstić information content (AvgIpc) is 2.63. The van der Waals surface area contributed by atoms with Crippen LogP contribution in [-0.2, 0) is 0 Å². The number of anilines is 1. The van der Waals surface area contributed by atoms with Crippen molar-refractivity contribution in [2.45, 2.75) is 38.6 Å². The van der Waals surface area contributed by atoms with Gasteiger partial charge in [0.15, 0.2) is 5.82 Å². The van der Waals surface area contributed by atoms with E-state index in [9.17, 15) is 9.18 Å². The van der Waals surface area contributed by atoms with Gasteiger partial charge in [0.25, 0.3) is 5.91 Å². The standard InChI is InChI=1S/C19H24FN5O2/c1-13-10-17(27-2)24-19(22-13)23-14-6-4-3-5-9-25(12-14)18(26)15-7-8-21-11-16(15)20/h7-8,10-11,14H,3-6,9,12H2,1-2H3,(H,22,23,24). The van der Waals surface area contributed by atoms with Crippen molar-refractivity contribution in [1.29, 1.82) is 0 Å². The number of likely N-dealkylation sites (tertiary alicyclic amines) is 1. The van der Waals surface area contributed by atoms with Crippen LogP contribution in [0, 0.1) is 12.7 Å². The Hall–Kier alpha value is -2.77. The number of pyridine rings is 1. The highest BCUT2D eigenvalue weighted by molar-refractivity contribution is 5.94. The summed E-state index contributed by atoms with van der Waals surface area (Å²) >= 11 is 0. The van der Waals surface area contributed by atoms with Crippen LogP contribution in [0.25, 0.3) is 0 Å². The minimum absolute atomic E-state index is 0.0225. The summed E-state index contributed by atoms with van der Waals surface area (Å²) in [6.07, 6.45) is 6.34. The van der Waals surface area contributed by atoms with Gasteiger partial charge in [-0.05, 0) is 25.8 Å². The molecule has 1 aliphatic heterocycles. The number of hydrogen-bond donors (Lipinski definition) is 1. The third-order valence-electron chi connectivity index (χ3n) is 4.58. The lowest BCUT2D eigenvalue weighted by Gasteiger charge is -2.30. The Morgan fingerprint density at radius 3 is 2.96 bits per heavy atom. The zero-order valence-electron chi connectivity index (χ0n) is 15.6. The normalized spacial score (nSPS) is 17.7. The molecule has 1 unspecified atom stereocenters. The third-order valence-corrected chi connectivity index (χ3v) is 4.58. The molecule has 0 aliphatic carbocycles. The van der Waals surface area contributed by atoms with Gasteiger partial charge >= 0.3 is 0 Å². The molecule has 2 aromatic rings. The maximum Gasteiger partial charge on any atom is 0.257 e. The summed E-state index contributed by atoms with van der Waals surface area (Å²) in [7, 11) is 1.56. The van der Waals surface area contributed by atoms with Gasteiger partial charge in [-0.2, -0.15) is 4.98 Å². The van der Waals surface area contributed by atoms with Gasteiger partial charge in [0.05, 0.1) is 18.9 Å². The molecule has 27 heavy (non-hydrogen) atoms. The molecule has 2 aromatic heterocycles. The predicted molar refractivity (Wildman–Crippen MR) is 99.3 cm³/mol. The summed E-state index contributed by atoms with van der Waals surface area (Å²) in [5, 5.41) is 3.31. The highest BCUT2D eigenvalue weighted by Crippen LogP contribution is 2.19. The first-order chi connectivity index (χ1) is 13.1. The molecule has 0 spiro atoms. The summed E-state index contributed by atoms with van der Waals surface area (Å²) in [5.41, 5.74) is 0.847. The number of nitrogens with one attached hydrogen (secondary N) is 1. The molecular weight excluding hydrogens is 349 g/mol. The molecule has 1 amide bonds. The zero-order chi connectivity index (χ0) is 19.2. The maximum atomic E-state index is 14.0. The summed E-state index contributed by atoms with van der Waals surface area (Å²) in [4.78, 5) is 27.0. The third kappa shape index (κ3) is 4.90. The van der Waals surface area contributed by atoms with Crippen LogP contribution < -0.4 is 10.1 Å². The smallest absolute Gasteiger partial charge is 0.257 e. The van der Waals surface area contributed by atoms with Crippen molar-refractivity contribution in [2.75, 3.05) is 25.5 Å².